The first-order valence-corrected chi connectivity index (χ1v) is 6.54. The quantitative estimate of drug-likeness (QED) is 0.543. The van der Waals surface area contributed by atoms with Crippen LogP contribution in [0.5, 0.6) is 0 Å². The Morgan fingerprint density at radius 2 is 2.00 bits per heavy atom. The van der Waals surface area contributed by atoms with Crippen LogP contribution in [0.25, 0.3) is 0 Å². The van der Waals surface area contributed by atoms with Crippen molar-refractivity contribution in [3.05, 3.63) is 29.8 Å². The highest BCUT2D eigenvalue weighted by Gasteiger charge is 2.02. The van der Waals surface area contributed by atoms with Crippen LogP contribution in [0.1, 0.15) is 12.5 Å². The van der Waals surface area contributed by atoms with Gasteiger partial charge >= 0.3 is 6.09 Å². The summed E-state index contributed by atoms with van der Waals surface area (Å²) in [5.74, 6) is 0.372. The van der Waals surface area contributed by atoms with Crippen LogP contribution in [0.2, 0.25) is 0 Å². The van der Waals surface area contributed by atoms with Crippen LogP contribution >= 0.6 is 0 Å². The van der Waals surface area contributed by atoms with Crippen LogP contribution in [0.4, 0.5) is 10.5 Å². The number of carbonyl (C=O) groups excluding carboxylic acids is 1. The van der Waals surface area contributed by atoms with Crippen molar-refractivity contribution in [3.8, 4) is 0 Å². The van der Waals surface area contributed by atoms with Crippen LogP contribution in [0, 0.1) is 0 Å². The number of aliphatic imine (C=N–C) groups is 1. The predicted octanol–water partition coefficient (Wildman–Crippen LogP) is 1.30. The summed E-state index contributed by atoms with van der Waals surface area (Å²) < 4.78 is 9.52. The number of hydrogen-bond acceptors (Lipinski definition) is 4. The van der Waals surface area contributed by atoms with E-state index in [1.54, 1.807) is 19.2 Å². The molecule has 0 radical (unpaired) electrons. The Hall–Kier alpha value is -2.28. The number of guanidine groups is 1. The van der Waals surface area contributed by atoms with Crippen molar-refractivity contribution in [2.75, 3.05) is 26.1 Å². The summed E-state index contributed by atoms with van der Waals surface area (Å²) in [7, 11) is 2.95. The van der Waals surface area contributed by atoms with E-state index in [0.29, 0.717) is 24.8 Å². The fourth-order valence-corrected chi connectivity index (χ4v) is 1.63. The molecule has 0 aliphatic heterocycles. The van der Waals surface area contributed by atoms with E-state index in [2.05, 4.69) is 20.4 Å². The van der Waals surface area contributed by atoms with Crippen molar-refractivity contribution < 1.29 is 14.3 Å². The van der Waals surface area contributed by atoms with Gasteiger partial charge in [-0.1, -0.05) is 12.1 Å². The number of carbonyl (C=O) groups is 1. The maximum Gasteiger partial charge on any atom is 0.411 e. The maximum absolute atomic E-state index is 11.0. The first-order valence-electron chi connectivity index (χ1n) is 6.54. The van der Waals surface area contributed by atoms with Gasteiger partial charge in [-0.05, 0) is 24.6 Å². The Bertz CT molecular complexity index is 474. The van der Waals surface area contributed by atoms with E-state index >= 15 is 0 Å². The molecule has 0 aromatic heterocycles. The molecule has 1 rings (SSSR count). The van der Waals surface area contributed by atoms with Crippen molar-refractivity contribution in [1.82, 2.24) is 5.32 Å². The number of ether oxygens (including phenoxy) is 2. The van der Waals surface area contributed by atoms with Crippen molar-refractivity contribution >= 4 is 17.7 Å². The minimum atomic E-state index is -0.499. The van der Waals surface area contributed by atoms with Crippen molar-refractivity contribution in [2.24, 2.45) is 10.7 Å². The molecule has 1 unspecified atom stereocenters. The molecule has 4 N–H and O–H groups in total. The fraction of sp³-hybridized carbons (Fsp3) is 0.429. The van der Waals surface area contributed by atoms with E-state index in [0.717, 1.165) is 5.56 Å². The van der Waals surface area contributed by atoms with E-state index in [-0.39, 0.29) is 6.04 Å². The fourth-order valence-electron chi connectivity index (χ4n) is 1.63. The minimum Gasteiger partial charge on any atom is -0.453 e. The number of nitrogens with zero attached hydrogens (tertiary/aromatic N) is 1. The zero-order valence-corrected chi connectivity index (χ0v) is 12.6. The molecule has 0 heterocycles. The second-order valence-corrected chi connectivity index (χ2v) is 4.52. The van der Waals surface area contributed by atoms with Gasteiger partial charge in [-0.3, -0.25) is 5.32 Å². The molecule has 0 saturated carbocycles. The molecule has 0 spiro atoms. The monoisotopic (exact) mass is 294 g/mol. The highest BCUT2D eigenvalue weighted by Crippen LogP contribution is 2.10. The Kier molecular flexibility index (Phi) is 7.03. The van der Waals surface area contributed by atoms with Gasteiger partial charge in [0, 0.05) is 18.8 Å². The van der Waals surface area contributed by atoms with Gasteiger partial charge in [0.15, 0.2) is 5.96 Å². The SMILES string of the molecule is COCC(C)NC(N)=NCc1ccc(NC(=O)OC)cc1. The largest absolute Gasteiger partial charge is 0.453 e. The Morgan fingerprint density at radius 1 is 1.33 bits per heavy atom. The maximum atomic E-state index is 11.0. The van der Waals surface area contributed by atoms with Gasteiger partial charge in [-0.2, -0.15) is 0 Å². The third-order valence-electron chi connectivity index (χ3n) is 2.63. The molecule has 1 aromatic carbocycles. The second-order valence-electron chi connectivity index (χ2n) is 4.52. The van der Waals surface area contributed by atoms with E-state index in [4.69, 9.17) is 10.5 Å². The number of amides is 1. The zero-order valence-electron chi connectivity index (χ0n) is 12.6. The Balaban J connectivity index is 2.49. The third-order valence-corrected chi connectivity index (χ3v) is 2.63. The molecule has 0 aliphatic carbocycles. The van der Waals surface area contributed by atoms with Crippen LogP contribution in [-0.4, -0.2) is 38.9 Å². The van der Waals surface area contributed by atoms with Gasteiger partial charge in [0.2, 0.25) is 0 Å². The molecule has 0 aliphatic rings. The second kappa shape index (κ2) is 8.80. The standard InChI is InChI=1S/C14H22N4O3/c1-10(9-20-2)17-13(15)16-8-11-4-6-12(7-5-11)18-14(19)21-3/h4-7,10H,8-9H2,1-3H3,(H,18,19)(H3,15,16,17). The number of rotatable bonds is 6. The number of nitrogens with two attached hydrogens (primary N) is 1. The number of hydrogen-bond donors (Lipinski definition) is 3. The van der Waals surface area contributed by atoms with Gasteiger partial charge in [0.1, 0.15) is 0 Å². The Labute approximate surface area is 124 Å². The minimum absolute atomic E-state index is 0.102. The molecule has 0 saturated heterocycles. The summed E-state index contributed by atoms with van der Waals surface area (Å²) in [5.41, 5.74) is 7.42. The molecule has 1 amide bonds. The lowest BCUT2D eigenvalue weighted by Crippen LogP contribution is -2.40. The van der Waals surface area contributed by atoms with E-state index in [9.17, 15) is 4.79 Å². The van der Waals surface area contributed by atoms with Crippen LogP contribution in [0.3, 0.4) is 0 Å². The number of benzene rings is 1. The lowest BCUT2D eigenvalue weighted by Gasteiger charge is -2.13. The first kappa shape index (κ1) is 16.8. The summed E-state index contributed by atoms with van der Waals surface area (Å²) in [6.45, 7) is 2.97. The molecule has 0 fully saturated rings. The summed E-state index contributed by atoms with van der Waals surface area (Å²) in [6.07, 6.45) is -0.499. The summed E-state index contributed by atoms with van der Waals surface area (Å²) >= 11 is 0. The van der Waals surface area contributed by atoms with Gasteiger partial charge in [0.05, 0.1) is 20.3 Å². The predicted molar refractivity (Wildman–Crippen MR) is 82.3 cm³/mol. The van der Waals surface area contributed by atoms with Crippen LogP contribution in [-0.2, 0) is 16.0 Å². The van der Waals surface area contributed by atoms with Crippen LogP contribution < -0.4 is 16.4 Å². The van der Waals surface area contributed by atoms with Gasteiger partial charge in [0.25, 0.3) is 0 Å². The summed E-state index contributed by atoms with van der Waals surface area (Å²) in [6, 6.07) is 7.38. The van der Waals surface area contributed by atoms with E-state index in [1.165, 1.54) is 7.11 Å². The topological polar surface area (TPSA) is 98.0 Å². The molecule has 116 valence electrons. The van der Waals surface area contributed by atoms with E-state index < -0.39 is 6.09 Å². The molecule has 7 nitrogen and oxygen atoms in total. The van der Waals surface area contributed by atoms with Crippen molar-refractivity contribution in [1.29, 1.82) is 0 Å². The number of methoxy groups -OCH3 is 2. The molecular weight excluding hydrogens is 272 g/mol. The summed E-state index contributed by atoms with van der Waals surface area (Å²) in [4.78, 5) is 15.3. The zero-order chi connectivity index (χ0) is 15.7. The number of nitrogens with one attached hydrogen (secondary N) is 2. The highest BCUT2D eigenvalue weighted by molar-refractivity contribution is 5.84. The molecule has 0 bridgehead atoms. The van der Waals surface area contributed by atoms with Crippen LogP contribution in [0.15, 0.2) is 29.3 Å². The van der Waals surface area contributed by atoms with E-state index in [1.807, 2.05) is 19.1 Å². The Morgan fingerprint density at radius 3 is 2.57 bits per heavy atom. The average Bonchev–Trinajstić information content (AvgIpc) is 2.46. The normalized spacial score (nSPS) is 12.6. The van der Waals surface area contributed by atoms with Crippen molar-refractivity contribution in [2.45, 2.75) is 19.5 Å². The lowest BCUT2D eigenvalue weighted by atomic mass is 10.2. The number of anilines is 1. The lowest BCUT2D eigenvalue weighted by molar-refractivity contribution is 0.179. The van der Waals surface area contributed by atoms with Gasteiger partial charge in [-0.15, -0.1) is 0 Å². The molecular formula is C14H22N4O3. The smallest absolute Gasteiger partial charge is 0.411 e. The first-order chi connectivity index (χ1) is 10.0. The van der Waals surface area contributed by atoms with Gasteiger partial charge in [-0.25, -0.2) is 9.79 Å². The molecule has 21 heavy (non-hydrogen) atoms. The van der Waals surface area contributed by atoms with Gasteiger partial charge < -0.3 is 20.5 Å². The summed E-state index contributed by atoms with van der Waals surface area (Å²) in [5, 5.41) is 5.60. The molecule has 1 atom stereocenters. The van der Waals surface area contributed by atoms with Crippen molar-refractivity contribution in [3.63, 3.8) is 0 Å². The molecule has 7 heteroatoms. The average molecular weight is 294 g/mol. The third kappa shape index (κ3) is 6.62. The molecule has 1 aromatic rings. The highest BCUT2D eigenvalue weighted by atomic mass is 16.5.